The van der Waals surface area contributed by atoms with Gasteiger partial charge in [0.1, 0.15) is 11.5 Å². The Hall–Kier alpha value is -6.52. The summed E-state index contributed by atoms with van der Waals surface area (Å²) in [7, 11) is 6.12. The lowest BCUT2D eigenvalue weighted by atomic mass is 10.0. The maximum absolute atomic E-state index is 12.4. The summed E-state index contributed by atoms with van der Waals surface area (Å²) in [4.78, 5) is 24.8. The van der Waals surface area contributed by atoms with Crippen LogP contribution in [0.4, 0.5) is 0 Å². The molecule has 48 heavy (non-hydrogen) atoms. The number of benzene rings is 4. The fourth-order valence-corrected chi connectivity index (χ4v) is 4.53. The van der Waals surface area contributed by atoms with Gasteiger partial charge in [0.2, 0.25) is 0 Å². The van der Waals surface area contributed by atoms with E-state index in [1.54, 1.807) is 97.1 Å². The average molecular weight is 645 g/mol. The van der Waals surface area contributed by atoms with Gasteiger partial charge in [0, 0.05) is 0 Å². The predicted octanol–water partition coefficient (Wildman–Crippen LogP) is 7.14. The molecule has 0 amide bonds. The minimum Gasteiger partial charge on any atom is -0.493 e. The largest absolute Gasteiger partial charge is 0.493 e. The molecule has 10 nitrogen and oxygen atoms in total. The summed E-state index contributed by atoms with van der Waals surface area (Å²) in [5, 5.41) is 19.4. The van der Waals surface area contributed by atoms with Crippen LogP contribution >= 0.6 is 0 Å². The summed E-state index contributed by atoms with van der Waals surface area (Å²) >= 11 is 0. The van der Waals surface area contributed by atoms with Gasteiger partial charge in [-0.3, -0.25) is 9.59 Å². The standard InChI is InChI=1S/C38H32N2O8/c1-43-33-15-9-27(21-35(33)45-3)29(23-39)19-25-5-11-31(12-6-25)47-37(41)17-18-38(42)48-32-13-7-26(8-14-32)20-30(24-40)28-10-16-34(44-2)36(22-28)46-4/h5-16,19-22H,17-18H2,1-4H3/b29-19+,30-20+. The first kappa shape index (κ1) is 34.4. The first-order valence-electron chi connectivity index (χ1n) is 14.6. The minimum atomic E-state index is -0.599. The number of methoxy groups -OCH3 is 4. The van der Waals surface area contributed by atoms with Crippen LogP contribution in [0.5, 0.6) is 34.5 Å². The topological polar surface area (TPSA) is 137 Å². The molecule has 0 spiro atoms. The van der Waals surface area contributed by atoms with Crippen LogP contribution in [-0.2, 0) is 9.59 Å². The molecule has 0 aliphatic carbocycles. The quantitative estimate of drug-likeness (QED) is 0.0639. The first-order valence-corrected chi connectivity index (χ1v) is 14.6. The van der Waals surface area contributed by atoms with E-state index in [2.05, 4.69) is 12.1 Å². The molecule has 0 saturated heterocycles. The number of carbonyl (C=O) groups is 2. The van der Waals surface area contributed by atoms with Gasteiger partial charge in [-0.05, 0) is 95.1 Å². The van der Waals surface area contributed by atoms with Gasteiger partial charge in [0.15, 0.2) is 23.0 Å². The number of ether oxygens (including phenoxy) is 6. The van der Waals surface area contributed by atoms with E-state index in [-0.39, 0.29) is 12.8 Å². The van der Waals surface area contributed by atoms with E-state index >= 15 is 0 Å². The molecule has 242 valence electrons. The Labute approximate surface area is 278 Å². The molecule has 0 bridgehead atoms. The molecule has 10 heteroatoms. The van der Waals surface area contributed by atoms with Crippen LogP contribution in [0.2, 0.25) is 0 Å². The van der Waals surface area contributed by atoms with Gasteiger partial charge in [0.05, 0.1) is 64.6 Å². The minimum absolute atomic E-state index is 0.184. The number of carbonyl (C=O) groups excluding carboxylic acids is 2. The van der Waals surface area contributed by atoms with E-state index in [1.807, 2.05) is 0 Å². The van der Waals surface area contributed by atoms with Crippen molar-refractivity contribution in [2.75, 3.05) is 28.4 Å². The molecule has 0 unspecified atom stereocenters. The molecule has 0 N–H and O–H groups in total. The Kier molecular flexibility index (Phi) is 11.9. The maximum Gasteiger partial charge on any atom is 0.311 e. The lowest BCUT2D eigenvalue weighted by Gasteiger charge is -2.09. The van der Waals surface area contributed by atoms with Crippen molar-refractivity contribution < 1.29 is 38.0 Å². The molecule has 0 aliphatic heterocycles. The maximum atomic E-state index is 12.4. The number of nitriles is 2. The van der Waals surface area contributed by atoms with Crippen molar-refractivity contribution >= 4 is 35.2 Å². The smallest absolute Gasteiger partial charge is 0.311 e. The first-order chi connectivity index (χ1) is 23.3. The van der Waals surface area contributed by atoms with Gasteiger partial charge in [-0.1, -0.05) is 24.3 Å². The van der Waals surface area contributed by atoms with Crippen LogP contribution in [0.15, 0.2) is 84.9 Å². The van der Waals surface area contributed by atoms with Crippen LogP contribution in [-0.4, -0.2) is 40.4 Å². The SMILES string of the molecule is COc1ccc(/C(C#N)=C/c2ccc(OC(=O)CCC(=O)Oc3ccc(/C=C(\C#N)c4ccc(OC)c(OC)c4)cc3)cc2)cc1OC. The van der Waals surface area contributed by atoms with Crippen LogP contribution in [0.1, 0.15) is 35.1 Å². The van der Waals surface area contributed by atoms with Crippen molar-refractivity contribution in [2.45, 2.75) is 12.8 Å². The zero-order valence-electron chi connectivity index (χ0n) is 26.8. The highest BCUT2D eigenvalue weighted by Crippen LogP contribution is 2.32. The van der Waals surface area contributed by atoms with Gasteiger partial charge in [-0.25, -0.2) is 0 Å². The molecule has 4 rings (SSSR count). The number of nitrogens with zero attached hydrogens (tertiary/aromatic N) is 2. The van der Waals surface area contributed by atoms with E-state index < -0.39 is 11.9 Å². The predicted molar refractivity (Wildman–Crippen MR) is 179 cm³/mol. The van der Waals surface area contributed by atoms with Crippen LogP contribution in [0.3, 0.4) is 0 Å². The van der Waals surface area contributed by atoms with E-state index in [0.29, 0.717) is 56.8 Å². The molecular weight excluding hydrogens is 612 g/mol. The molecule has 0 fully saturated rings. The van der Waals surface area contributed by atoms with Gasteiger partial charge in [0.25, 0.3) is 0 Å². The summed E-state index contributed by atoms with van der Waals surface area (Å²) in [5.74, 6) is 1.51. The molecule has 4 aromatic carbocycles. The Morgan fingerprint density at radius 3 is 1.21 bits per heavy atom. The second-order valence-electron chi connectivity index (χ2n) is 10.1. The summed E-state index contributed by atoms with van der Waals surface area (Å²) < 4.78 is 31.9. The fourth-order valence-electron chi connectivity index (χ4n) is 4.53. The normalized spacial score (nSPS) is 11.0. The molecular formula is C38H32N2O8. The Balaban J connectivity index is 1.29. The Bertz CT molecular complexity index is 1770. The van der Waals surface area contributed by atoms with Crippen LogP contribution in [0, 0.1) is 22.7 Å². The number of rotatable bonds is 13. The fraction of sp³-hybridized carbons (Fsp3) is 0.158. The zero-order chi connectivity index (χ0) is 34.5. The molecule has 0 saturated carbocycles. The molecule has 0 aliphatic rings. The lowest BCUT2D eigenvalue weighted by molar-refractivity contribution is -0.140. The van der Waals surface area contributed by atoms with E-state index in [9.17, 15) is 20.1 Å². The van der Waals surface area contributed by atoms with Crippen molar-refractivity contribution in [1.82, 2.24) is 0 Å². The average Bonchev–Trinajstić information content (AvgIpc) is 3.12. The Morgan fingerprint density at radius 1 is 0.542 bits per heavy atom. The summed E-state index contributed by atoms with van der Waals surface area (Å²) in [6.45, 7) is 0. The molecule has 0 heterocycles. The highest BCUT2D eigenvalue weighted by atomic mass is 16.5. The van der Waals surface area contributed by atoms with Gasteiger partial charge in [-0.2, -0.15) is 10.5 Å². The van der Waals surface area contributed by atoms with E-state index in [0.717, 1.165) is 11.1 Å². The van der Waals surface area contributed by atoms with Gasteiger partial charge < -0.3 is 28.4 Å². The van der Waals surface area contributed by atoms with Crippen molar-refractivity contribution in [3.05, 3.63) is 107 Å². The van der Waals surface area contributed by atoms with Crippen molar-refractivity contribution in [2.24, 2.45) is 0 Å². The van der Waals surface area contributed by atoms with Gasteiger partial charge >= 0.3 is 11.9 Å². The van der Waals surface area contributed by atoms with Gasteiger partial charge in [-0.15, -0.1) is 0 Å². The monoisotopic (exact) mass is 644 g/mol. The second-order valence-corrected chi connectivity index (χ2v) is 10.1. The van der Waals surface area contributed by atoms with E-state index in [4.69, 9.17) is 28.4 Å². The zero-order valence-corrected chi connectivity index (χ0v) is 26.8. The third kappa shape index (κ3) is 9.03. The lowest BCUT2D eigenvalue weighted by Crippen LogP contribution is -2.14. The van der Waals surface area contributed by atoms with Crippen LogP contribution < -0.4 is 28.4 Å². The summed E-state index contributed by atoms with van der Waals surface area (Å²) in [6, 6.07) is 28.0. The number of hydrogen-bond acceptors (Lipinski definition) is 10. The van der Waals surface area contributed by atoms with Crippen molar-refractivity contribution in [1.29, 1.82) is 10.5 Å². The highest BCUT2D eigenvalue weighted by Gasteiger charge is 2.13. The summed E-state index contributed by atoms with van der Waals surface area (Å²) in [6.07, 6.45) is 3.03. The Morgan fingerprint density at radius 2 is 0.896 bits per heavy atom. The summed E-state index contributed by atoms with van der Waals surface area (Å²) in [5.41, 5.74) is 3.57. The third-order valence-electron chi connectivity index (χ3n) is 7.01. The molecule has 0 radical (unpaired) electrons. The number of esters is 2. The highest BCUT2D eigenvalue weighted by molar-refractivity contribution is 5.91. The molecule has 0 aromatic heterocycles. The third-order valence-corrected chi connectivity index (χ3v) is 7.01. The molecule has 4 aromatic rings. The number of hydrogen-bond donors (Lipinski definition) is 0. The number of allylic oxidation sites excluding steroid dienone is 2. The molecule has 0 atom stereocenters. The van der Waals surface area contributed by atoms with Crippen LogP contribution in [0.25, 0.3) is 23.3 Å². The van der Waals surface area contributed by atoms with Crippen molar-refractivity contribution in [3.8, 4) is 46.6 Å². The van der Waals surface area contributed by atoms with Crippen molar-refractivity contribution in [3.63, 3.8) is 0 Å². The van der Waals surface area contributed by atoms with E-state index in [1.165, 1.54) is 28.4 Å². The second kappa shape index (κ2) is 16.7.